The van der Waals surface area contributed by atoms with E-state index < -0.39 is 71.7 Å². The number of esters is 3. The average molecular weight is 667 g/mol. The number of hydrogen-bond acceptors (Lipinski definition) is 10. The van der Waals surface area contributed by atoms with Crippen molar-refractivity contribution in [3.63, 3.8) is 0 Å². The summed E-state index contributed by atoms with van der Waals surface area (Å²) in [5, 5.41) is 13.3. The molecule has 0 spiro atoms. The molecule has 1 saturated heterocycles. The highest BCUT2D eigenvalue weighted by Crippen LogP contribution is 2.29. The molecule has 232 valence electrons. The predicted octanol–water partition coefficient (Wildman–Crippen LogP) is 4.48. The summed E-state index contributed by atoms with van der Waals surface area (Å²) in [6.07, 6.45) is -7.54. The molecular formula is C30H26Cl3NO10. The fourth-order valence-corrected chi connectivity index (χ4v) is 4.33. The first-order chi connectivity index (χ1) is 21.0. The van der Waals surface area contributed by atoms with Crippen LogP contribution in [0.25, 0.3) is 0 Å². The molecule has 0 radical (unpaired) electrons. The Bertz CT molecular complexity index is 1420. The molecule has 0 saturated carbocycles. The zero-order valence-electron chi connectivity index (χ0n) is 22.7. The van der Waals surface area contributed by atoms with Crippen molar-refractivity contribution in [3.05, 3.63) is 108 Å². The van der Waals surface area contributed by atoms with Crippen LogP contribution in [0.3, 0.4) is 0 Å². The minimum Gasteiger partial charge on any atom is -0.459 e. The summed E-state index contributed by atoms with van der Waals surface area (Å²) in [4.78, 5) is 51.7. The van der Waals surface area contributed by atoms with E-state index >= 15 is 0 Å². The monoisotopic (exact) mass is 665 g/mol. The molecule has 1 fully saturated rings. The summed E-state index contributed by atoms with van der Waals surface area (Å²) in [7, 11) is 0. The van der Waals surface area contributed by atoms with Crippen LogP contribution in [0.5, 0.6) is 0 Å². The average Bonchev–Trinajstić information content (AvgIpc) is 3.02. The largest absolute Gasteiger partial charge is 0.459 e. The van der Waals surface area contributed by atoms with Crippen LogP contribution in [0.15, 0.2) is 91.0 Å². The molecule has 44 heavy (non-hydrogen) atoms. The van der Waals surface area contributed by atoms with Crippen LogP contribution < -0.4 is 5.32 Å². The van der Waals surface area contributed by atoms with E-state index in [1.807, 2.05) is 0 Å². The highest BCUT2D eigenvalue weighted by Gasteiger charge is 2.51. The van der Waals surface area contributed by atoms with Gasteiger partial charge in [0.2, 0.25) is 3.79 Å². The Labute approximate surface area is 266 Å². The lowest BCUT2D eigenvalue weighted by Crippen LogP contribution is -2.66. The molecule has 0 aromatic heterocycles. The number of aliphatic hydroxyl groups is 1. The summed E-state index contributed by atoms with van der Waals surface area (Å²) in [6, 6.07) is 22.2. The van der Waals surface area contributed by atoms with Gasteiger partial charge in [0.25, 0.3) is 0 Å². The van der Waals surface area contributed by atoms with Gasteiger partial charge in [-0.1, -0.05) is 89.4 Å². The second-order valence-electron chi connectivity index (χ2n) is 9.36. The first kappa shape index (κ1) is 33.0. The summed E-state index contributed by atoms with van der Waals surface area (Å²) >= 11 is 17.0. The summed E-state index contributed by atoms with van der Waals surface area (Å²) in [5.74, 6) is -2.47. The molecular weight excluding hydrogens is 641 g/mol. The minimum atomic E-state index is -1.94. The number of hydrogen-bond donors (Lipinski definition) is 2. The smallest absolute Gasteiger partial charge is 0.407 e. The Morgan fingerprint density at radius 3 is 1.64 bits per heavy atom. The van der Waals surface area contributed by atoms with Crippen LogP contribution in [0, 0.1) is 0 Å². The second-order valence-corrected chi connectivity index (χ2v) is 11.9. The van der Waals surface area contributed by atoms with Crippen molar-refractivity contribution in [1.82, 2.24) is 5.32 Å². The van der Waals surface area contributed by atoms with E-state index in [1.165, 1.54) is 36.4 Å². The Balaban J connectivity index is 1.65. The Kier molecular flexibility index (Phi) is 11.4. The number of rotatable bonds is 9. The number of amides is 1. The number of benzene rings is 3. The summed E-state index contributed by atoms with van der Waals surface area (Å²) in [5.41, 5.74) is 0.481. The maximum Gasteiger partial charge on any atom is 0.407 e. The van der Waals surface area contributed by atoms with Crippen molar-refractivity contribution < 1.29 is 48.0 Å². The van der Waals surface area contributed by atoms with E-state index in [1.54, 1.807) is 54.6 Å². The Morgan fingerprint density at radius 2 is 1.16 bits per heavy atom. The summed E-state index contributed by atoms with van der Waals surface area (Å²) < 4.78 is 25.5. The first-order valence-electron chi connectivity index (χ1n) is 13.1. The Hall–Kier alpha value is -3.87. The highest BCUT2D eigenvalue weighted by atomic mass is 35.6. The number of carbonyl (C=O) groups is 4. The van der Waals surface area contributed by atoms with Gasteiger partial charge in [-0.25, -0.2) is 19.2 Å². The molecule has 3 aromatic carbocycles. The third kappa shape index (κ3) is 9.31. The highest BCUT2D eigenvalue weighted by molar-refractivity contribution is 6.67. The van der Waals surface area contributed by atoms with E-state index in [2.05, 4.69) is 5.32 Å². The van der Waals surface area contributed by atoms with Gasteiger partial charge in [0.15, 0.2) is 18.5 Å². The predicted molar refractivity (Wildman–Crippen MR) is 157 cm³/mol. The van der Waals surface area contributed by atoms with Crippen LogP contribution in [-0.2, 0) is 23.7 Å². The van der Waals surface area contributed by atoms with Gasteiger partial charge < -0.3 is 34.1 Å². The molecule has 0 aliphatic carbocycles. The lowest BCUT2D eigenvalue weighted by atomic mass is 9.96. The lowest BCUT2D eigenvalue weighted by Gasteiger charge is -2.43. The SMILES string of the molecule is O=C(NC1C(O)OC(COC(=O)c2ccccc2)C(OC(=O)c2ccccc2)C1OC(=O)c1ccccc1)OCC(Cl)(Cl)Cl. The summed E-state index contributed by atoms with van der Waals surface area (Å²) in [6.45, 7) is -1.20. The van der Waals surface area contributed by atoms with E-state index in [0.717, 1.165) is 0 Å². The zero-order chi connectivity index (χ0) is 31.7. The molecule has 3 aromatic rings. The standard InChI is InChI=1S/C30H26Cl3NO10/c31-30(32,33)17-41-29(39)34-22-24(44-27(37)20-14-8-3-9-15-20)23(43-26(36)19-12-6-2-7-13-19)21(42-28(22)38)16-40-25(35)18-10-4-1-5-11-18/h1-15,21-24,28,38H,16-17H2,(H,34,39). The molecule has 11 nitrogen and oxygen atoms in total. The second kappa shape index (κ2) is 15.2. The van der Waals surface area contributed by atoms with Gasteiger partial charge >= 0.3 is 24.0 Å². The number of halogens is 3. The molecule has 14 heteroatoms. The molecule has 1 heterocycles. The number of ether oxygens (including phenoxy) is 5. The van der Waals surface area contributed by atoms with E-state index in [9.17, 15) is 24.3 Å². The van der Waals surface area contributed by atoms with Crippen molar-refractivity contribution >= 4 is 58.8 Å². The third-order valence-corrected chi connectivity index (χ3v) is 6.54. The molecule has 1 aliphatic heterocycles. The molecule has 0 bridgehead atoms. The topological polar surface area (TPSA) is 147 Å². The van der Waals surface area contributed by atoms with Crippen LogP contribution in [0.4, 0.5) is 4.79 Å². The fraction of sp³-hybridized carbons (Fsp3) is 0.267. The quantitative estimate of drug-likeness (QED) is 0.190. The van der Waals surface area contributed by atoms with E-state index in [4.69, 9.17) is 58.5 Å². The number of alkyl carbamates (subject to hydrolysis) is 1. The van der Waals surface area contributed by atoms with Crippen molar-refractivity contribution in [3.8, 4) is 0 Å². The first-order valence-corrected chi connectivity index (χ1v) is 14.2. The van der Waals surface area contributed by atoms with Gasteiger partial charge in [-0.2, -0.15) is 0 Å². The van der Waals surface area contributed by atoms with Crippen LogP contribution in [-0.4, -0.2) is 76.8 Å². The van der Waals surface area contributed by atoms with Gasteiger partial charge in [0.1, 0.15) is 25.4 Å². The molecule has 1 aliphatic rings. The number of alkyl halides is 3. The van der Waals surface area contributed by atoms with Gasteiger partial charge in [0.05, 0.1) is 16.7 Å². The van der Waals surface area contributed by atoms with Crippen molar-refractivity contribution in [2.45, 2.75) is 34.4 Å². The maximum atomic E-state index is 13.2. The molecule has 5 atom stereocenters. The van der Waals surface area contributed by atoms with Crippen LogP contribution in [0.2, 0.25) is 0 Å². The number of aliphatic hydroxyl groups excluding tert-OH is 1. The molecule has 1 amide bonds. The van der Waals surface area contributed by atoms with Crippen molar-refractivity contribution in [2.24, 2.45) is 0 Å². The van der Waals surface area contributed by atoms with Crippen molar-refractivity contribution in [1.29, 1.82) is 0 Å². The van der Waals surface area contributed by atoms with Gasteiger partial charge in [0, 0.05) is 0 Å². The van der Waals surface area contributed by atoms with Crippen LogP contribution >= 0.6 is 34.8 Å². The van der Waals surface area contributed by atoms with Gasteiger partial charge in [-0.15, -0.1) is 0 Å². The third-order valence-electron chi connectivity index (χ3n) is 6.21. The van der Waals surface area contributed by atoms with E-state index in [0.29, 0.717) is 0 Å². The minimum absolute atomic E-state index is 0.117. The molecule has 2 N–H and O–H groups in total. The normalized spacial score (nSPS) is 21.4. The van der Waals surface area contributed by atoms with Crippen molar-refractivity contribution in [2.75, 3.05) is 13.2 Å². The zero-order valence-corrected chi connectivity index (χ0v) is 25.0. The Morgan fingerprint density at radius 1 is 0.705 bits per heavy atom. The van der Waals surface area contributed by atoms with Gasteiger partial charge in [-0.05, 0) is 36.4 Å². The lowest BCUT2D eigenvalue weighted by molar-refractivity contribution is -0.252. The number of nitrogens with one attached hydrogen (secondary N) is 1. The van der Waals surface area contributed by atoms with Gasteiger partial charge in [-0.3, -0.25) is 0 Å². The fourth-order valence-electron chi connectivity index (χ4n) is 4.16. The maximum absolute atomic E-state index is 13.2. The number of carbonyl (C=O) groups excluding carboxylic acids is 4. The molecule has 5 unspecified atom stereocenters. The van der Waals surface area contributed by atoms with Crippen LogP contribution in [0.1, 0.15) is 31.1 Å². The van der Waals surface area contributed by atoms with E-state index in [-0.39, 0.29) is 16.7 Å². The molecule has 4 rings (SSSR count).